The Morgan fingerprint density at radius 2 is 2.04 bits per heavy atom. The number of nitrogens with one attached hydrogen (secondary N) is 1. The fraction of sp³-hybridized carbons (Fsp3) is 0.647. The number of likely N-dealkylation sites (tertiary alicyclic amines) is 1. The van der Waals surface area contributed by atoms with Crippen molar-refractivity contribution in [3.05, 3.63) is 35.6 Å². The van der Waals surface area contributed by atoms with Crippen LogP contribution in [0.25, 0.3) is 0 Å². The van der Waals surface area contributed by atoms with Crippen LogP contribution in [0.5, 0.6) is 0 Å². The van der Waals surface area contributed by atoms with Crippen molar-refractivity contribution in [2.24, 2.45) is 5.92 Å². The van der Waals surface area contributed by atoms with E-state index in [1.807, 2.05) is 11.8 Å². The van der Waals surface area contributed by atoms with Gasteiger partial charge in [0.25, 0.3) is 0 Å². The number of thioether (sulfide) groups is 1. The molecule has 0 saturated carbocycles. The number of hydrogen-bond acceptors (Lipinski definition) is 4. The van der Waals surface area contributed by atoms with Crippen LogP contribution in [0.1, 0.15) is 24.8 Å². The molecule has 0 radical (unpaired) electrons. The summed E-state index contributed by atoms with van der Waals surface area (Å²) in [5, 5.41) is 0. The summed E-state index contributed by atoms with van der Waals surface area (Å²) in [6.07, 6.45) is 3.38. The lowest BCUT2D eigenvalue weighted by Gasteiger charge is -2.35. The molecule has 0 spiro atoms. The van der Waals surface area contributed by atoms with Gasteiger partial charge in [-0.3, -0.25) is 4.90 Å². The zero-order valence-electron chi connectivity index (χ0n) is 13.8. The van der Waals surface area contributed by atoms with E-state index in [1.54, 1.807) is 6.07 Å². The average Bonchev–Trinajstić information content (AvgIpc) is 3.08. The lowest BCUT2D eigenvalue weighted by Crippen LogP contribution is -2.43. The van der Waals surface area contributed by atoms with Crippen molar-refractivity contribution in [3.63, 3.8) is 0 Å². The van der Waals surface area contributed by atoms with Gasteiger partial charge in [-0.2, -0.15) is 11.8 Å². The van der Waals surface area contributed by atoms with Crippen LogP contribution in [0.2, 0.25) is 0 Å². The third-order valence-electron chi connectivity index (χ3n) is 4.91. The molecule has 1 unspecified atom stereocenters. The molecule has 2 aliphatic heterocycles. The number of hydrogen-bond donors (Lipinski definition) is 1. The quantitative estimate of drug-likeness (QED) is 0.833. The topological polar surface area (TPSA) is 49.4 Å². The Morgan fingerprint density at radius 1 is 1.25 bits per heavy atom. The number of nitrogens with zero attached hydrogens (tertiary/aromatic N) is 1. The Hall–Kier alpha value is -0.630. The van der Waals surface area contributed by atoms with Crippen molar-refractivity contribution in [1.82, 2.24) is 9.62 Å². The largest absolute Gasteiger partial charge is 0.300 e. The summed E-state index contributed by atoms with van der Waals surface area (Å²) >= 11 is 2.03. The first kappa shape index (κ1) is 18.2. The van der Waals surface area contributed by atoms with Gasteiger partial charge in [0.2, 0.25) is 10.0 Å². The molecule has 2 heterocycles. The van der Waals surface area contributed by atoms with E-state index in [1.165, 1.54) is 36.1 Å². The fourth-order valence-corrected chi connectivity index (χ4v) is 5.94. The maximum Gasteiger partial charge on any atom is 0.215 e. The minimum atomic E-state index is -3.41. The van der Waals surface area contributed by atoms with Gasteiger partial charge in [0.05, 0.1) is 5.75 Å². The molecule has 24 heavy (non-hydrogen) atoms. The number of sulfonamides is 1. The first-order chi connectivity index (χ1) is 11.5. The second-order valence-corrected chi connectivity index (χ2v) is 9.69. The van der Waals surface area contributed by atoms with E-state index in [4.69, 9.17) is 0 Å². The van der Waals surface area contributed by atoms with Gasteiger partial charge in [-0.25, -0.2) is 17.5 Å². The van der Waals surface area contributed by atoms with E-state index in [-0.39, 0.29) is 5.75 Å². The molecule has 2 saturated heterocycles. The van der Waals surface area contributed by atoms with Crippen LogP contribution in [0.4, 0.5) is 4.39 Å². The normalized spacial score (nSPS) is 23.6. The van der Waals surface area contributed by atoms with Gasteiger partial charge in [0.15, 0.2) is 0 Å². The Kier molecular flexibility index (Phi) is 6.18. The Bertz CT molecular complexity index is 640. The van der Waals surface area contributed by atoms with Crippen LogP contribution >= 0.6 is 11.8 Å². The molecule has 2 fully saturated rings. The van der Waals surface area contributed by atoms with Crippen LogP contribution in [-0.4, -0.2) is 50.5 Å². The van der Waals surface area contributed by atoms with Crippen molar-refractivity contribution in [2.45, 2.75) is 31.1 Å². The summed E-state index contributed by atoms with van der Waals surface area (Å²) in [7, 11) is -3.41. The average molecular weight is 373 g/mol. The fourth-order valence-electron chi connectivity index (χ4n) is 3.47. The molecule has 7 heteroatoms. The molecule has 134 valence electrons. The monoisotopic (exact) mass is 372 g/mol. The number of halogens is 1. The minimum absolute atomic E-state index is 0.164. The Labute approximate surface area is 148 Å². The maximum absolute atomic E-state index is 13.2. The summed E-state index contributed by atoms with van der Waals surface area (Å²) in [6.45, 7) is 2.63. The van der Waals surface area contributed by atoms with Gasteiger partial charge < -0.3 is 0 Å². The van der Waals surface area contributed by atoms with Crippen molar-refractivity contribution >= 4 is 21.8 Å². The highest BCUT2D eigenvalue weighted by Gasteiger charge is 2.27. The van der Waals surface area contributed by atoms with Gasteiger partial charge in [0, 0.05) is 18.3 Å². The molecule has 0 aliphatic carbocycles. The maximum atomic E-state index is 13.2. The second-order valence-electron chi connectivity index (χ2n) is 6.73. The molecule has 2 aliphatic rings. The van der Waals surface area contributed by atoms with E-state index in [0.717, 1.165) is 32.0 Å². The van der Waals surface area contributed by atoms with Crippen molar-refractivity contribution in [1.29, 1.82) is 0 Å². The molecule has 1 N–H and O–H groups in total. The van der Waals surface area contributed by atoms with Crippen molar-refractivity contribution in [3.8, 4) is 0 Å². The zero-order valence-corrected chi connectivity index (χ0v) is 15.4. The van der Waals surface area contributed by atoms with E-state index in [2.05, 4.69) is 9.62 Å². The van der Waals surface area contributed by atoms with Crippen molar-refractivity contribution < 1.29 is 12.8 Å². The first-order valence-electron chi connectivity index (χ1n) is 8.55. The van der Waals surface area contributed by atoms with Crippen LogP contribution in [0, 0.1) is 11.7 Å². The molecule has 3 rings (SSSR count). The molecular weight excluding hydrogens is 347 g/mol. The molecule has 4 nitrogen and oxygen atoms in total. The minimum Gasteiger partial charge on any atom is -0.300 e. The predicted octanol–water partition coefficient (Wildman–Crippen LogP) is 2.46. The highest BCUT2D eigenvalue weighted by molar-refractivity contribution is 7.99. The molecule has 1 aromatic rings. The SMILES string of the molecule is O=S(=O)(Cc1cccc(F)c1)NCC1CCN(C2CCSC2)CC1. The summed E-state index contributed by atoms with van der Waals surface area (Å²) < 4.78 is 40.2. The molecule has 1 atom stereocenters. The van der Waals surface area contributed by atoms with Crippen LogP contribution in [0.15, 0.2) is 24.3 Å². The summed E-state index contributed by atoms with van der Waals surface area (Å²) in [6, 6.07) is 6.50. The zero-order chi connectivity index (χ0) is 17.0. The smallest absolute Gasteiger partial charge is 0.215 e. The molecule has 0 aromatic heterocycles. The summed E-state index contributed by atoms with van der Waals surface area (Å²) in [5.74, 6) is 2.34. The van der Waals surface area contributed by atoms with Crippen molar-refractivity contribution in [2.75, 3.05) is 31.1 Å². The lowest BCUT2D eigenvalue weighted by atomic mass is 9.96. The second kappa shape index (κ2) is 8.17. The Balaban J connectivity index is 1.43. The van der Waals surface area contributed by atoms with E-state index in [9.17, 15) is 12.8 Å². The van der Waals surface area contributed by atoms with E-state index in [0.29, 0.717) is 18.0 Å². The van der Waals surface area contributed by atoms with Gasteiger partial charge in [0.1, 0.15) is 5.82 Å². The van der Waals surface area contributed by atoms with E-state index < -0.39 is 15.8 Å². The van der Waals surface area contributed by atoms with Crippen LogP contribution in [0.3, 0.4) is 0 Å². The third kappa shape index (κ3) is 5.18. The number of piperidine rings is 1. The molecule has 0 amide bonds. The van der Waals surface area contributed by atoms with Crippen LogP contribution < -0.4 is 4.72 Å². The molecule has 1 aromatic carbocycles. The highest BCUT2D eigenvalue weighted by Crippen LogP contribution is 2.26. The summed E-state index contributed by atoms with van der Waals surface area (Å²) in [4.78, 5) is 2.57. The van der Waals surface area contributed by atoms with Crippen LogP contribution in [-0.2, 0) is 15.8 Å². The highest BCUT2D eigenvalue weighted by atomic mass is 32.2. The van der Waals surface area contributed by atoms with Gasteiger partial charge >= 0.3 is 0 Å². The summed E-state index contributed by atoms with van der Waals surface area (Å²) in [5.41, 5.74) is 0.482. The standard InChI is InChI=1S/C17H25FN2O2S2/c18-16-3-1-2-15(10-16)13-24(21,22)19-11-14-4-7-20(8-5-14)17-6-9-23-12-17/h1-3,10,14,17,19H,4-9,11-13H2. The Morgan fingerprint density at radius 3 is 2.71 bits per heavy atom. The number of rotatable bonds is 6. The lowest BCUT2D eigenvalue weighted by molar-refractivity contribution is 0.145. The van der Waals surface area contributed by atoms with Gasteiger partial charge in [-0.05, 0) is 61.7 Å². The van der Waals surface area contributed by atoms with Gasteiger partial charge in [-0.1, -0.05) is 12.1 Å². The van der Waals surface area contributed by atoms with Gasteiger partial charge in [-0.15, -0.1) is 0 Å². The van der Waals surface area contributed by atoms with E-state index >= 15 is 0 Å². The number of benzene rings is 1. The predicted molar refractivity (Wildman–Crippen MR) is 97.1 cm³/mol. The molecular formula is C17H25FN2O2S2. The third-order valence-corrected chi connectivity index (χ3v) is 7.37. The first-order valence-corrected chi connectivity index (χ1v) is 11.4. The molecule has 0 bridgehead atoms.